The fourth-order valence-corrected chi connectivity index (χ4v) is 10.1. The van der Waals surface area contributed by atoms with Gasteiger partial charge in [0.1, 0.15) is 4.90 Å². The minimum absolute atomic E-state index is 0.0641. The molecule has 27 nitrogen and oxygen atoms in total. The van der Waals surface area contributed by atoms with Gasteiger partial charge in [-0.15, -0.1) is 18.9 Å². The van der Waals surface area contributed by atoms with Crippen LogP contribution in [0.5, 0.6) is 11.8 Å². The molecule has 0 fully saturated rings. The normalized spacial score (nSPS) is 13.0. The van der Waals surface area contributed by atoms with Crippen LogP contribution in [0.1, 0.15) is 11.4 Å². The van der Waals surface area contributed by atoms with E-state index in [9.17, 15) is 44.2 Å². The van der Waals surface area contributed by atoms with E-state index in [4.69, 9.17) is 19.3 Å². The van der Waals surface area contributed by atoms with Crippen molar-refractivity contribution in [2.75, 3.05) is 24.7 Å². The number of benzene rings is 4. The van der Waals surface area contributed by atoms with Crippen LogP contribution in [0.4, 0.5) is 22.7 Å². The molecular weight excluding hydrogens is 1040 g/mol. The van der Waals surface area contributed by atoms with Gasteiger partial charge in [0, 0.05) is 10.5 Å². The van der Waals surface area contributed by atoms with E-state index in [1.165, 1.54) is 92.7 Å². The van der Waals surface area contributed by atoms with E-state index in [1.807, 2.05) is 0 Å². The molecule has 6 N–H and O–H groups in total. The highest BCUT2D eigenvalue weighted by Crippen LogP contribution is 2.41. The topological polar surface area (TPSA) is 381 Å². The second-order valence-electron chi connectivity index (χ2n) is 13.5. The molecule has 0 bridgehead atoms. The van der Waals surface area contributed by atoms with Crippen molar-refractivity contribution in [3.05, 3.63) is 96.3 Å². The SMILES string of the molecule is Cc1nn(-c2ccc(S(=O)(=O)CCOS(=O)O)cc2)c(O)c1N=Nc1ccc(-c2ccc(N=Nc3c(C)nn(-c4ccc(S(=O)(=O)CCOSOOO)cc4)c3O)cc2S(=O)(=O)O)c(SOOO)c1. The van der Waals surface area contributed by atoms with E-state index in [1.54, 1.807) is 0 Å². The number of sulfone groups is 2. The maximum absolute atomic E-state index is 12.8. The van der Waals surface area contributed by atoms with Gasteiger partial charge in [0.25, 0.3) is 10.1 Å². The van der Waals surface area contributed by atoms with Crippen molar-refractivity contribution in [2.45, 2.75) is 33.4 Å². The minimum atomic E-state index is -5.00. The number of hydrogen-bond acceptors (Lipinski definition) is 25. The molecule has 6 aromatic rings. The highest BCUT2D eigenvalue weighted by molar-refractivity contribution is 7.94. The van der Waals surface area contributed by atoms with Crippen LogP contribution in [0.3, 0.4) is 0 Å². The Morgan fingerprint density at radius 3 is 1.61 bits per heavy atom. The van der Waals surface area contributed by atoms with Crippen LogP contribution in [-0.4, -0.2) is 104 Å². The van der Waals surface area contributed by atoms with Crippen molar-refractivity contribution >= 4 is 88.3 Å². The number of nitrogens with zero attached hydrogens (tertiary/aromatic N) is 8. The van der Waals surface area contributed by atoms with E-state index in [0.717, 1.165) is 15.4 Å². The Morgan fingerprint density at radius 1 is 0.652 bits per heavy atom. The first kappa shape index (κ1) is 52.8. The molecule has 0 amide bonds. The van der Waals surface area contributed by atoms with Crippen molar-refractivity contribution in [1.29, 1.82) is 0 Å². The maximum Gasteiger partial charge on any atom is 0.301 e. The van der Waals surface area contributed by atoms with E-state index in [-0.39, 0.29) is 90.3 Å². The lowest BCUT2D eigenvalue weighted by Gasteiger charge is -2.12. The van der Waals surface area contributed by atoms with Crippen LogP contribution in [-0.2, 0) is 68.3 Å². The summed E-state index contributed by atoms with van der Waals surface area (Å²) in [5.41, 5.74) is 0.591. The highest BCUT2D eigenvalue weighted by atomic mass is 32.2. The molecule has 69 heavy (non-hydrogen) atoms. The lowest BCUT2D eigenvalue weighted by Crippen LogP contribution is -2.13. The standard InChI is InChI=1S/C36H34N8O19S6/c1-21-33(35(45)43(41-21)26-7-11-28(12-8-26)68(53,54)18-16-59-66(49)50)39-37-23-3-13-29(31(19-23)64-62-60-47)30-14-4-24(20-32(30)69(55,56)57)38-40-34-22(2)42-44(36(34)46)25-5-9-27(10-6-25)67(51,52)17-15-58-65-63-61-48/h3-14,19-20,45-48H,15-18H2,1-2H3,(H,49,50)(H,55,56,57). The lowest BCUT2D eigenvalue weighted by atomic mass is 10.0. The Bertz CT molecular complexity index is 3240. The van der Waals surface area contributed by atoms with Crippen molar-refractivity contribution < 1.29 is 86.4 Å². The maximum atomic E-state index is 12.8. The summed E-state index contributed by atoms with van der Waals surface area (Å²) < 4.78 is 126. The van der Waals surface area contributed by atoms with Crippen molar-refractivity contribution in [2.24, 2.45) is 20.5 Å². The molecule has 2 heterocycles. The van der Waals surface area contributed by atoms with Crippen LogP contribution in [0.15, 0.2) is 125 Å². The summed E-state index contributed by atoms with van der Waals surface area (Å²) in [5.74, 6) is -2.00. The first-order chi connectivity index (χ1) is 32.7. The van der Waals surface area contributed by atoms with Crippen molar-refractivity contribution in [3.63, 3.8) is 0 Å². The molecule has 0 saturated heterocycles. The average Bonchev–Trinajstić information content (AvgIpc) is 3.76. The Labute approximate surface area is 401 Å². The molecule has 4 aromatic carbocycles. The zero-order chi connectivity index (χ0) is 50.1. The van der Waals surface area contributed by atoms with Gasteiger partial charge in [0.2, 0.25) is 11.8 Å². The molecule has 0 aliphatic carbocycles. The summed E-state index contributed by atoms with van der Waals surface area (Å²) in [4.78, 5) is -0.792. The molecular formula is C36H34N8O19S6. The van der Waals surface area contributed by atoms with Gasteiger partial charge in [-0.25, -0.2) is 27.4 Å². The van der Waals surface area contributed by atoms with Crippen LogP contribution >= 0.6 is 24.4 Å². The molecule has 0 aliphatic rings. The van der Waals surface area contributed by atoms with Gasteiger partial charge >= 0.3 is 11.4 Å². The minimum Gasteiger partial charge on any atom is -0.492 e. The Kier molecular flexibility index (Phi) is 17.5. The molecule has 0 saturated carbocycles. The molecule has 1 unspecified atom stereocenters. The number of aryl methyl sites for hydroxylation is 2. The molecule has 0 radical (unpaired) electrons. The summed E-state index contributed by atoms with van der Waals surface area (Å²) in [6.07, 6.45) is 0. The third kappa shape index (κ3) is 13.2. The molecule has 368 valence electrons. The Morgan fingerprint density at radius 2 is 1.13 bits per heavy atom. The fraction of sp³-hybridized carbons (Fsp3) is 0.167. The second-order valence-corrected chi connectivity index (χ2v) is 21.0. The van der Waals surface area contributed by atoms with Gasteiger partial charge in [0.15, 0.2) is 43.4 Å². The first-order valence-corrected chi connectivity index (χ1v) is 25.9. The number of azo groups is 2. The highest BCUT2D eigenvalue weighted by Gasteiger charge is 2.24. The summed E-state index contributed by atoms with van der Waals surface area (Å²) in [7, 11) is -12.7. The van der Waals surface area contributed by atoms with Gasteiger partial charge in [-0.1, -0.05) is 22.2 Å². The molecule has 6 rings (SSSR count). The van der Waals surface area contributed by atoms with E-state index in [0.29, 0.717) is 12.0 Å². The smallest absolute Gasteiger partial charge is 0.301 e. The predicted octanol–water partition coefficient (Wildman–Crippen LogP) is 6.96. The Hall–Kier alpha value is -5.60. The molecule has 2 aromatic heterocycles. The van der Waals surface area contributed by atoms with Crippen LogP contribution in [0.25, 0.3) is 22.5 Å². The molecule has 0 spiro atoms. The number of aromatic hydroxyl groups is 2. The summed E-state index contributed by atoms with van der Waals surface area (Å²) in [5, 5.41) is 71.0. The summed E-state index contributed by atoms with van der Waals surface area (Å²) in [6.45, 7) is 2.18. The lowest BCUT2D eigenvalue weighted by molar-refractivity contribution is -0.434. The zero-order valence-electron chi connectivity index (χ0n) is 34.9. The average molecular weight is 1080 g/mol. The number of hydrogen-bond donors (Lipinski definition) is 6. The summed E-state index contributed by atoms with van der Waals surface area (Å²) >= 11 is -1.99. The molecule has 1 atom stereocenters. The third-order valence-corrected chi connectivity index (χ3v) is 14.8. The first-order valence-electron chi connectivity index (χ1n) is 18.7. The monoisotopic (exact) mass is 1070 g/mol. The van der Waals surface area contributed by atoms with Gasteiger partial charge in [-0.2, -0.15) is 42.4 Å². The summed E-state index contributed by atoms with van der Waals surface area (Å²) in [6, 6.07) is 18.2. The van der Waals surface area contributed by atoms with E-state index < -0.39 is 75.9 Å². The van der Waals surface area contributed by atoms with E-state index >= 15 is 0 Å². The Balaban J connectivity index is 1.23. The largest absolute Gasteiger partial charge is 0.492 e. The predicted molar refractivity (Wildman–Crippen MR) is 240 cm³/mol. The molecule has 33 heteroatoms. The van der Waals surface area contributed by atoms with Crippen molar-refractivity contribution in [1.82, 2.24) is 19.6 Å². The van der Waals surface area contributed by atoms with Gasteiger partial charge < -0.3 is 10.2 Å². The zero-order valence-corrected chi connectivity index (χ0v) is 39.8. The van der Waals surface area contributed by atoms with Gasteiger partial charge in [0.05, 0.1) is 80.7 Å². The fourth-order valence-electron chi connectivity index (χ4n) is 6.00. The molecule has 0 aliphatic heterocycles. The second kappa shape index (κ2) is 22.9. The van der Waals surface area contributed by atoms with Crippen LogP contribution in [0.2, 0.25) is 0 Å². The van der Waals surface area contributed by atoms with Crippen molar-refractivity contribution in [3.8, 4) is 34.3 Å². The third-order valence-electron chi connectivity index (χ3n) is 9.15. The van der Waals surface area contributed by atoms with Gasteiger partial charge in [-0.05, 0) is 92.2 Å². The van der Waals surface area contributed by atoms with Gasteiger partial charge in [-0.3, -0.25) is 17.5 Å². The van der Waals surface area contributed by atoms with E-state index in [2.05, 4.69) is 53.6 Å². The quantitative estimate of drug-likeness (QED) is 0.00718. The van der Waals surface area contributed by atoms with Crippen LogP contribution in [0, 0.1) is 13.8 Å². The number of aromatic nitrogens is 4. The number of rotatable bonds is 23. The van der Waals surface area contributed by atoms with Crippen LogP contribution < -0.4 is 0 Å².